The highest BCUT2D eigenvalue weighted by atomic mass is 32.2. The van der Waals surface area contributed by atoms with Crippen molar-refractivity contribution in [2.45, 2.75) is 37.1 Å². The Kier molecular flexibility index (Phi) is 5.51. The summed E-state index contributed by atoms with van der Waals surface area (Å²) in [4.78, 5) is 25.8. The summed E-state index contributed by atoms with van der Waals surface area (Å²) < 4.78 is 1.63. The number of aliphatic carboxylic acids is 1. The number of carbonyl (C=O) groups is 1. The number of hydrogen-bond acceptors (Lipinski definition) is 7. The van der Waals surface area contributed by atoms with Gasteiger partial charge in [0.25, 0.3) is 0 Å². The number of benzene rings is 1. The maximum atomic E-state index is 12.1. The number of carboxylic acids is 1. The minimum atomic E-state index is -0.904. The number of rotatable bonds is 7. The van der Waals surface area contributed by atoms with Crippen molar-refractivity contribution in [3.63, 3.8) is 0 Å². The number of pyridine rings is 1. The molecule has 33 heavy (non-hydrogen) atoms. The summed E-state index contributed by atoms with van der Waals surface area (Å²) >= 11 is 1.17. The van der Waals surface area contributed by atoms with Gasteiger partial charge in [-0.05, 0) is 31.9 Å². The maximum Gasteiger partial charge on any atom is 0.317 e. The largest absolute Gasteiger partial charge is 0.480 e. The van der Waals surface area contributed by atoms with Crippen LogP contribution in [0, 0.1) is 13.8 Å². The molecule has 1 aromatic carbocycles. The van der Waals surface area contributed by atoms with Crippen LogP contribution >= 0.6 is 11.8 Å². The molecule has 1 atom stereocenters. The first-order valence-electron chi connectivity index (χ1n) is 10.4. The first-order valence-corrected chi connectivity index (χ1v) is 11.3. The van der Waals surface area contributed by atoms with Crippen LogP contribution in [0.25, 0.3) is 16.6 Å². The molecule has 5 rings (SSSR count). The SMILES string of the molecule is Cc1n[nH]c(C)c1Cc1nc2c3cnccc3nc(SC(Cc3ccccc3)C(=O)O)n2n1. The Morgan fingerprint density at radius 1 is 1.18 bits per heavy atom. The second kappa shape index (κ2) is 8.62. The number of fused-ring (bicyclic) bond motifs is 3. The molecule has 4 aromatic heterocycles. The van der Waals surface area contributed by atoms with E-state index in [1.54, 1.807) is 23.0 Å². The minimum absolute atomic E-state index is 0.368. The quantitative estimate of drug-likeness (QED) is 0.281. The zero-order valence-electron chi connectivity index (χ0n) is 18.1. The molecule has 0 fully saturated rings. The lowest BCUT2D eigenvalue weighted by Crippen LogP contribution is -2.20. The number of aromatic nitrogens is 7. The fourth-order valence-electron chi connectivity index (χ4n) is 3.75. The van der Waals surface area contributed by atoms with Gasteiger partial charge in [-0.3, -0.25) is 14.9 Å². The molecule has 0 saturated heterocycles. The van der Waals surface area contributed by atoms with Crippen LogP contribution < -0.4 is 0 Å². The van der Waals surface area contributed by atoms with Gasteiger partial charge in [0.05, 0.1) is 16.6 Å². The predicted molar refractivity (Wildman–Crippen MR) is 124 cm³/mol. The molecular formula is C23H21N7O2S. The van der Waals surface area contributed by atoms with Crippen LogP contribution in [0.4, 0.5) is 0 Å². The fourth-order valence-corrected chi connectivity index (χ4v) is 4.76. The van der Waals surface area contributed by atoms with E-state index in [0.29, 0.717) is 35.0 Å². The maximum absolute atomic E-state index is 12.1. The molecule has 0 radical (unpaired) electrons. The van der Waals surface area contributed by atoms with E-state index in [1.807, 2.05) is 44.2 Å². The smallest absolute Gasteiger partial charge is 0.317 e. The number of thioether (sulfide) groups is 1. The Bertz CT molecular complexity index is 1440. The van der Waals surface area contributed by atoms with Gasteiger partial charge in [-0.1, -0.05) is 42.1 Å². The third kappa shape index (κ3) is 4.17. The number of nitrogens with zero attached hydrogens (tertiary/aromatic N) is 6. The standard InChI is InChI=1S/C23H21N7O2S/c1-13-16(14(2)28-27-13)11-20-26-21-17-12-24-9-8-18(17)25-23(30(21)29-20)33-19(22(31)32)10-15-6-4-3-5-7-15/h3-9,12,19H,10-11H2,1-2H3,(H,27,28)(H,31,32). The summed E-state index contributed by atoms with van der Waals surface area (Å²) in [5, 5.41) is 22.4. The molecule has 166 valence electrons. The van der Waals surface area contributed by atoms with E-state index < -0.39 is 11.2 Å². The molecule has 0 aliphatic rings. The summed E-state index contributed by atoms with van der Waals surface area (Å²) in [5.41, 5.74) is 5.16. The van der Waals surface area contributed by atoms with E-state index >= 15 is 0 Å². The highest BCUT2D eigenvalue weighted by Crippen LogP contribution is 2.29. The summed E-state index contributed by atoms with van der Waals surface area (Å²) in [5.74, 6) is -0.295. The van der Waals surface area contributed by atoms with Gasteiger partial charge >= 0.3 is 5.97 Å². The molecule has 4 heterocycles. The van der Waals surface area contributed by atoms with Crippen LogP contribution in [0.5, 0.6) is 0 Å². The second-order valence-corrected chi connectivity index (χ2v) is 8.94. The molecule has 2 N–H and O–H groups in total. The molecular weight excluding hydrogens is 438 g/mol. The summed E-state index contributed by atoms with van der Waals surface area (Å²) in [6.07, 6.45) is 4.24. The minimum Gasteiger partial charge on any atom is -0.480 e. The fraction of sp³-hybridized carbons (Fsp3) is 0.217. The van der Waals surface area contributed by atoms with Gasteiger partial charge in [-0.15, -0.1) is 5.10 Å². The first-order chi connectivity index (χ1) is 16.0. The second-order valence-electron chi connectivity index (χ2n) is 7.77. The Labute approximate surface area is 193 Å². The molecule has 0 amide bonds. The molecule has 0 saturated carbocycles. The van der Waals surface area contributed by atoms with Crippen LogP contribution in [0.1, 0.15) is 28.3 Å². The lowest BCUT2D eigenvalue weighted by Gasteiger charge is -2.13. The van der Waals surface area contributed by atoms with Crippen LogP contribution in [0.2, 0.25) is 0 Å². The molecule has 0 aliphatic heterocycles. The average molecular weight is 460 g/mol. The highest BCUT2D eigenvalue weighted by molar-refractivity contribution is 8.00. The van der Waals surface area contributed by atoms with E-state index in [0.717, 1.165) is 27.9 Å². The van der Waals surface area contributed by atoms with Gasteiger partial charge in [0.2, 0.25) is 0 Å². The monoisotopic (exact) mass is 459 g/mol. The molecule has 0 aliphatic carbocycles. The van der Waals surface area contributed by atoms with Crippen LogP contribution in [-0.2, 0) is 17.6 Å². The highest BCUT2D eigenvalue weighted by Gasteiger charge is 2.24. The topological polar surface area (TPSA) is 122 Å². The van der Waals surface area contributed by atoms with Crippen LogP contribution in [0.15, 0.2) is 53.9 Å². The van der Waals surface area contributed by atoms with E-state index in [-0.39, 0.29) is 0 Å². The lowest BCUT2D eigenvalue weighted by atomic mass is 10.1. The number of aromatic amines is 1. The van der Waals surface area contributed by atoms with E-state index in [9.17, 15) is 9.90 Å². The van der Waals surface area contributed by atoms with Crippen molar-refractivity contribution in [3.05, 3.63) is 77.1 Å². The van der Waals surface area contributed by atoms with Gasteiger partial charge in [-0.25, -0.2) is 9.97 Å². The molecule has 0 bridgehead atoms. The average Bonchev–Trinajstić information content (AvgIpc) is 3.38. The van der Waals surface area contributed by atoms with Crippen molar-refractivity contribution in [1.82, 2.24) is 34.8 Å². The molecule has 9 nitrogen and oxygen atoms in total. The number of nitrogens with one attached hydrogen (secondary N) is 1. The summed E-state index contributed by atoms with van der Waals surface area (Å²) in [7, 11) is 0. The zero-order chi connectivity index (χ0) is 22.9. The van der Waals surface area contributed by atoms with Crippen molar-refractivity contribution in [1.29, 1.82) is 0 Å². The molecule has 0 spiro atoms. The van der Waals surface area contributed by atoms with Crippen molar-refractivity contribution in [2.24, 2.45) is 0 Å². The van der Waals surface area contributed by atoms with E-state index in [2.05, 4.69) is 15.2 Å². The third-order valence-electron chi connectivity index (χ3n) is 5.49. The van der Waals surface area contributed by atoms with Gasteiger partial charge in [0.1, 0.15) is 5.25 Å². The van der Waals surface area contributed by atoms with Gasteiger partial charge in [-0.2, -0.15) is 9.61 Å². The Balaban J connectivity index is 1.58. The Morgan fingerprint density at radius 3 is 2.73 bits per heavy atom. The molecule has 1 unspecified atom stereocenters. The lowest BCUT2D eigenvalue weighted by molar-refractivity contribution is -0.136. The van der Waals surface area contributed by atoms with Crippen molar-refractivity contribution >= 4 is 34.3 Å². The van der Waals surface area contributed by atoms with Crippen LogP contribution in [0.3, 0.4) is 0 Å². The summed E-state index contributed by atoms with van der Waals surface area (Å²) in [6.45, 7) is 3.91. The number of hydrogen-bond donors (Lipinski definition) is 2. The van der Waals surface area contributed by atoms with E-state index in [4.69, 9.17) is 15.1 Å². The first kappa shape index (κ1) is 21.1. The number of aryl methyl sites for hydroxylation is 2. The summed E-state index contributed by atoms with van der Waals surface area (Å²) in [6, 6.07) is 11.4. The molecule has 10 heteroatoms. The van der Waals surface area contributed by atoms with Crippen molar-refractivity contribution in [2.75, 3.05) is 0 Å². The Morgan fingerprint density at radius 2 is 2.00 bits per heavy atom. The van der Waals surface area contributed by atoms with Crippen molar-refractivity contribution in [3.8, 4) is 0 Å². The van der Waals surface area contributed by atoms with Crippen LogP contribution in [-0.4, -0.2) is 51.1 Å². The zero-order valence-corrected chi connectivity index (χ0v) is 18.9. The van der Waals surface area contributed by atoms with Gasteiger partial charge in [0, 0.05) is 30.1 Å². The number of carboxylic acid groups (broad SMARTS) is 1. The molecule has 5 aromatic rings. The van der Waals surface area contributed by atoms with Gasteiger partial charge in [0.15, 0.2) is 16.6 Å². The third-order valence-corrected chi connectivity index (χ3v) is 6.62. The van der Waals surface area contributed by atoms with Crippen molar-refractivity contribution < 1.29 is 9.90 Å². The van der Waals surface area contributed by atoms with E-state index in [1.165, 1.54) is 11.8 Å². The number of H-pyrrole nitrogens is 1. The Hall–Kier alpha value is -3.79. The van der Waals surface area contributed by atoms with Gasteiger partial charge < -0.3 is 5.11 Å². The predicted octanol–water partition coefficient (Wildman–Crippen LogP) is 3.39. The normalized spacial score (nSPS) is 12.4.